The molecule has 18 heavy (non-hydrogen) atoms. The number of nitrogens with zero attached hydrogens (tertiary/aromatic N) is 1. The standard InChI is InChI=1S/C13H18NO3P/c1-4-16-18(15,17-5-2)13(10-14)12-9-7-6-8-11(12)3/h6-9,13H,4-5H2,1-3H3. The van der Waals surface area contributed by atoms with E-state index in [2.05, 4.69) is 6.07 Å². The average Bonchev–Trinajstić information content (AvgIpc) is 2.33. The molecule has 0 saturated carbocycles. The van der Waals surface area contributed by atoms with Crippen LogP contribution in [-0.4, -0.2) is 13.2 Å². The highest BCUT2D eigenvalue weighted by Gasteiger charge is 2.37. The van der Waals surface area contributed by atoms with Crippen LogP contribution in [0.3, 0.4) is 0 Å². The number of benzene rings is 1. The molecule has 1 rings (SSSR count). The van der Waals surface area contributed by atoms with Crippen molar-refractivity contribution in [3.63, 3.8) is 0 Å². The van der Waals surface area contributed by atoms with Gasteiger partial charge in [-0.3, -0.25) is 4.57 Å². The molecule has 0 spiro atoms. The molecule has 0 aliphatic carbocycles. The van der Waals surface area contributed by atoms with Gasteiger partial charge in [-0.15, -0.1) is 0 Å². The molecular weight excluding hydrogens is 249 g/mol. The molecule has 0 saturated heterocycles. The molecule has 0 fully saturated rings. The molecule has 0 aromatic heterocycles. The van der Waals surface area contributed by atoms with Gasteiger partial charge >= 0.3 is 7.60 Å². The van der Waals surface area contributed by atoms with E-state index < -0.39 is 13.3 Å². The Morgan fingerprint density at radius 3 is 2.28 bits per heavy atom. The molecule has 98 valence electrons. The maximum Gasteiger partial charge on any atom is 0.352 e. The molecule has 1 aromatic carbocycles. The first-order valence-electron chi connectivity index (χ1n) is 5.93. The van der Waals surface area contributed by atoms with Crippen LogP contribution in [0, 0.1) is 18.3 Å². The Labute approximate surface area is 108 Å². The Morgan fingerprint density at radius 2 is 1.83 bits per heavy atom. The first-order chi connectivity index (χ1) is 8.59. The lowest BCUT2D eigenvalue weighted by Gasteiger charge is -2.22. The van der Waals surface area contributed by atoms with E-state index in [1.54, 1.807) is 19.9 Å². The van der Waals surface area contributed by atoms with E-state index in [9.17, 15) is 9.83 Å². The lowest BCUT2D eigenvalue weighted by Crippen LogP contribution is -2.06. The van der Waals surface area contributed by atoms with Crippen LogP contribution in [0.2, 0.25) is 0 Å². The lowest BCUT2D eigenvalue weighted by atomic mass is 10.1. The predicted molar refractivity (Wildman–Crippen MR) is 70.4 cm³/mol. The van der Waals surface area contributed by atoms with E-state index >= 15 is 0 Å². The van der Waals surface area contributed by atoms with E-state index in [1.165, 1.54) is 0 Å². The molecule has 5 heteroatoms. The summed E-state index contributed by atoms with van der Waals surface area (Å²) < 4.78 is 23.1. The van der Waals surface area contributed by atoms with Gasteiger partial charge in [0.1, 0.15) is 0 Å². The summed E-state index contributed by atoms with van der Waals surface area (Å²) in [7, 11) is -3.44. The van der Waals surface area contributed by atoms with Crippen molar-refractivity contribution in [2.24, 2.45) is 0 Å². The summed E-state index contributed by atoms with van der Waals surface area (Å²) in [4.78, 5) is 0. The van der Waals surface area contributed by atoms with Gasteiger partial charge in [-0.1, -0.05) is 24.3 Å². The second-order valence-corrected chi connectivity index (χ2v) is 5.88. The third kappa shape index (κ3) is 3.20. The summed E-state index contributed by atoms with van der Waals surface area (Å²) in [6.07, 6.45) is 0. The summed E-state index contributed by atoms with van der Waals surface area (Å²) in [5.74, 6) is 0. The maximum atomic E-state index is 12.6. The first-order valence-corrected chi connectivity index (χ1v) is 7.54. The largest absolute Gasteiger partial charge is 0.352 e. The van der Waals surface area contributed by atoms with Crippen LogP contribution in [0.4, 0.5) is 0 Å². The SMILES string of the molecule is CCOP(=O)(OCC)C(C#N)c1ccccc1C. The van der Waals surface area contributed by atoms with Crippen molar-refractivity contribution in [1.82, 2.24) is 0 Å². The summed E-state index contributed by atoms with van der Waals surface area (Å²) >= 11 is 0. The van der Waals surface area contributed by atoms with Gasteiger partial charge in [-0.2, -0.15) is 5.26 Å². The number of nitriles is 1. The predicted octanol–water partition coefficient (Wildman–Crippen LogP) is 3.83. The minimum atomic E-state index is -3.44. The number of aryl methyl sites for hydroxylation is 1. The Kier molecular flexibility index (Phi) is 5.55. The van der Waals surface area contributed by atoms with Crippen molar-refractivity contribution >= 4 is 7.60 Å². The molecule has 0 heterocycles. The Bertz CT molecular complexity index is 471. The molecule has 0 aliphatic heterocycles. The van der Waals surface area contributed by atoms with Gasteiger partial charge in [-0.05, 0) is 31.9 Å². The third-order valence-electron chi connectivity index (χ3n) is 2.54. The van der Waals surface area contributed by atoms with Gasteiger partial charge < -0.3 is 9.05 Å². The van der Waals surface area contributed by atoms with Crippen molar-refractivity contribution in [2.75, 3.05) is 13.2 Å². The number of rotatable bonds is 6. The second kappa shape index (κ2) is 6.70. The highest BCUT2D eigenvalue weighted by molar-refractivity contribution is 7.54. The van der Waals surface area contributed by atoms with Gasteiger partial charge in [0.15, 0.2) is 5.66 Å². The molecule has 1 atom stereocenters. The second-order valence-electron chi connectivity index (χ2n) is 3.76. The zero-order valence-electron chi connectivity index (χ0n) is 10.9. The normalized spacial score (nSPS) is 13.0. The van der Waals surface area contributed by atoms with E-state index in [1.807, 2.05) is 25.1 Å². The summed E-state index contributed by atoms with van der Waals surface area (Å²) in [6, 6.07) is 9.41. The van der Waals surface area contributed by atoms with Crippen molar-refractivity contribution in [3.05, 3.63) is 35.4 Å². The first kappa shape index (κ1) is 14.9. The smallest absolute Gasteiger partial charge is 0.308 e. The quantitative estimate of drug-likeness (QED) is 0.735. The van der Waals surface area contributed by atoms with Crippen LogP contribution < -0.4 is 0 Å². The van der Waals surface area contributed by atoms with Crippen molar-refractivity contribution in [3.8, 4) is 6.07 Å². The minimum absolute atomic E-state index is 0.251. The Balaban J connectivity index is 3.20. The van der Waals surface area contributed by atoms with E-state index in [0.717, 1.165) is 5.56 Å². The Morgan fingerprint density at radius 1 is 1.28 bits per heavy atom. The van der Waals surface area contributed by atoms with Gasteiger partial charge in [0.05, 0.1) is 19.3 Å². The number of hydrogen-bond acceptors (Lipinski definition) is 4. The van der Waals surface area contributed by atoms with E-state index in [0.29, 0.717) is 5.56 Å². The van der Waals surface area contributed by atoms with Gasteiger partial charge in [-0.25, -0.2) is 0 Å². The summed E-state index contributed by atoms with van der Waals surface area (Å²) in [6.45, 7) is 5.85. The minimum Gasteiger partial charge on any atom is -0.308 e. The highest BCUT2D eigenvalue weighted by atomic mass is 31.2. The van der Waals surface area contributed by atoms with Crippen molar-refractivity contribution < 1.29 is 13.6 Å². The molecule has 1 unspecified atom stereocenters. The molecule has 4 nitrogen and oxygen atoms in total. The van der Waals surface area contributed by atoms with Crippen LogP contribution >= 0.6 is 7.60 Å². The lowest BCUT2D eigenvalue weighted by molar-refractivity contribution is 0.216. The fraction of sp³-hybridized carbons (Fsp3) is 0.462. The zero-order chi connectivity index (χ0) is 13.6. The van der Waals surface area contributed by atoms with Gasteiger partial charge in [0, 0.05) is 0 Å². The zero-order valence-corrected chi connectivity index (χ0v) is 11.8. The Hall–Kier alpha value is -1.14. The van der Waals surface area contributed by atoms with Crippen LogP contribution in [0.25, 0.3) is 0 Å². The molecular formula is C13H18NO3P. The third-order valence-corrected chi connectivity index (χ3v) is 4.80. The monoisotopic (exact) mass is 267 g/mol. The van der Waals surface area contributed by atoms with Crippen molar-refractivity contribution in [2.45, 2.75) is 26.4 Å². The fourth-order valence-electron chi connectivity index (χ4n) is 1.75. The molecule has 1 aromatic rings. The van der Waals surface area contributed by atoms with Crippen LogP contribution in [0.1, 0.15) is 30.6 Å². The maximum absolute atomic E-state index is 12.6. The average molecular weight is 267 g/mol. The highest BCUT2D eigenvalue weighted by Crippen LogP contribution is 2.61. The summed E-state index contributed by atoms with van der Waals surface area (Å²) in [5.41, 5.74) is 0.729. The van der Waals surface area contributed by atoms with Crippen LogP contribution in [0.15, 0.2) is 24.3 Å². The molecule has 0 radical (unpaired) electrons. The topological polar surface area (TPSA) is 59.3 Å². The number of hydrogen-bond donors (Lipinski definition) is 0. The molecule has 0 N–H and O–H groups in total. The molecule has 0 aliphatic rings. The van der Waals surface area contributed by atoms with Gasteiger partial charge in [0.2, 0.25) is 0 Å². The molecule has 0 bridgehead atoms. The van der Waals surface area contributed by atoms with E-state index in [-0.39, 0.29) is 13.2 Å². The van der Waals surface area contributed by atoms with Crippen LogP contribution in [-0.2, 0) is 13.6 Å². The molecule has 0 amide bonds. The summed E-state index contributed by atoms with van der Waals surface area (Å²) in [5, 5.41) is 9.31. The van der Waals surface area contributed by atoms with Crippen LogP contribution in [0.5, 0.6) is 0 Å². The van der Waals surface area contributed by atoms with E-state index in [4.69, 9.17) is 9.05 Å². The van der Waals surface area contributed by atoms with Gasteiger partial charge in [0.25, 0.3) is 0 Å². The fourth-order valence-corrected chi connectivity index (χ4v) is 3.61. The van der Waals surface area contributed by atoms with Crippen molar-refractivity contribution in [1.29, 1.82) is 5.26 Å².